The van der Waals surface area contributed by atoms with Gasteiger partial charge in [0.15, 0.2) is 0 Å². The minimum atomic E-state index is -0.606. The quantitative estimate of drug-likeness (QED) is 0.285. The first kappa shape index (κ1) is 23.3. The number of hydrogen-bond donors (Lipinski definition) is 3. The number of aromatic hydroxyl groups is 1. The van der Waals surface area contributed by atoms with E-state index >= 15 is 0 Å². The molecule has 4 N–H and O–H groups in total. The number of halogens is 2. The third-order valence-corrected chi connectivity index (χ3v) is 6.15. The molecule has 0 bridgehead atoms. The Morgan fingerprint density at radius 3 is 2.61 bits per heavy atom. The number of hydrogen-bond acceptors (Lipinski definition) is 6. The predicted octanol–water partition coefficient (Wildman–Crippen LogP) is 5.70. The number of nitrogen functional groups attached to an aromatic ring is 1. The first-order valence-electron chi connectivity index (χ1n) is 11.1. The van der Waals surface area contributed by atoms with Crippen LogP contribution in [0, 0.1) is 5.82 Å². The van der Waals surface area contributed by atoms with Gasteiger partial charge in [-0.1, -0.05) is 41.9 Å². The van der Waals surface area contributed by atoms with Gasteiger partial charge in [-0.05, 0) is 54.3 Å². The zero-order chi connectivity index (χ0) is 25.4. The van der Waals surface area contributed by atoms with Crippen LogP contribution in [-0.2, 0) is 0 Å². The van der Waals surface area contributed by atoms with Gasteiger partial charge in [0, 0.05) is 29.2 Å². The number of nitrogens with zero attached hydrogens (tertiary/aromatic N) is 3. The molecule has 0 aliphatic carbocycles. The number of benzene rings is 3. The number of phenolic OH excluding ortho intramolecular Hbond substituents is 1. The highest BCUT2D eigenvalue weighted by molar-refractivity contribution is 6.35. The van der Waals surface area contributed by atoms with Crippen LogP contribution in [-0.4, -0.2) is 19.6 Å². The Morgan fingerprint density at radius 2 is 1.86 bits per heavy atom. The van der Waals surface area contributed by atoms with E-state index < -0.39 is 11.9 Å². The molecule has 0 radical (unpaired) electrons. The van der Waals surface area contributed by atoms with Gasteiger partial charge < -0.3 is 16.2 Å². The smallest absolute Gasteiger partial charge is 0.264 e. The average molecular weight is 502 g/mol. The minimum Gasteiger partial charge on any atom is -0.508 e. The lowest BCUT2D eigenvalue weighted by molar-refractivity contribution is 0.469. The lowest BCUT2D eigenvalue weighted by atomic mass is 10.1. The van der Waals surface area contributed by atoms with Crippen molar-refractivity contribution in [2.24, 2.45) is 0 Å². The van der Waals surface area contributed by atoms with Crippen LogP contribution >= 0.6 is 11.6 Å². The summed E-state index contributed by atoms with van der Waals surface area (Å²) in [5, 5.41) is 14.7. The molecule has 36 heavy (non-hydrogen) atoms. The summed E-state index contributed by atoms with van der Waals surface area (Å²) in [5.41, 5.74) is 7.72. The zero-order valence-corrected chi connectivity index (χ0v) is 19.9. The number of aromatic nitrogens is 3. The monoisotopic (exact) mass is 501 g/mol. The number of fused-ring (bicyclic) bond motifs is 1. The lowest BCUT2D eigenvalue weighted by Crippen LogP contribution is -2.26. The van der Waals surface area contributed by atoms with Gasteiger partial charge in [-0.25, -0.2) is 9.37 Å². The van der Waals surface area contributed by atoms with Crippen molar-refractivity contribution < 1.29 is 9.50 Å². The van der Waals surface area contributed by atoms with E-state index in [-0.39, 0.29) is 17.3 Å². The molecular weight excluding hydrogens is 481 g/mol. The molecule has 180 valence electrons. The van der Waals surface area contributed by atoms with Gasteiger partial charge in [-0.2, -0.15) is 4.98 Å². The molecule has 5 rings (SSSR count). The molecular formula is C27H21ClFN5O2. The molecule has 0 aliphatic heterocycles. The van der Waals surface area contributed by atoms with Crippen molar-refractivity contribution in [2.45, 2.75) is 13.0 Å². The van der Waals surface area contributed by atoms with E-state index in [2.05, 4.69) is 15.3 Å². The van der Waals surface area contributed by atoms with Crippen molar-refractivity contribution in [2.75, 3.05) is 11.1 Å². The van der Waals surface area contributed by atoms with Gasteiger partial charge in [0.1, 0.15) is 17.4 Å². The number of nitrogens with one attached hydrogen (secondary N) is 1. The molecule has 3 aromatic carbocycles. The van der Waals surface area contributed by atoms with Crippen LogP contribution in [0.4, 0.5) is 16.2 Å². The van der Waals surface area contributed by atoms with Crippen molar-refractivity contribution in [3.05, 3.63) is 106 Å². The second kappa shape index (κ2) is 9.31. The van der Waals surface area contributed by atoms with Crippen molar-refractivity contribution in [3.8, 4) is 22.6 Å². The van der Waals surface area contributed by atoms with Crippen LogP contribution in [0.2, 0.25) is 5.02 Å². The first-order valence-corrected chi connectivity index (χ1v) is 11.5. The van der Waals surface area contributed by atoms with Gasteiger partial charge in [-0.15, -0.1) is 0 Å². The fourth-order valence-electron chi connectivity index (χ4n) is 4.23. The van der Waals surface area contributed by atoms with Crippen molar-refractivity contribution in [3.63, 3.8) is 0 Å². The molecule has 2 aromatic heterocycles. The van der Waals surface area contributed by atoms with Gasteiger partial charge in [-0.3, -0.25) is 9.36 Å². The zero-order valence-electron chi connectivity index (χ0n) is 19.1. The normalized spacial score (nSPS) is 12.0. The van der Waals surface area contributed by atoms with E-state index in [1.54, 1.807) is 16.7 Å². The summed E-state index contributed by atoms with van der Waals surface area (Å²) in [7, 11) is 0. The van der Waals surface area contributed by atoms with Gasteiger partial charge in [0.05, 0.1) is 16.5 Å². The van der Waals surface area contributed by atoms with Gasteiger partial charge >= 0.3 is 0 Å². The van der Waals surface area contributed by atoms with Crippen molar-refractivity contribution in [1.82, 2.24) is 14.5 Å². The maximum Gasteiger partial charge on any atom is 0.264 e. The second-order valence-electron chi connectivity index (χ2n) is 8.30. The lowest BCUT2D eigenvalue weighted by Gasteiger charge is -2.22. The highest BCUT2D eigenvalue weighted by Crippen LogP contribution is 2.33. The Bertz CT molecular complexity index is 1640. The summed E-state index contributed by atoms with van der Waals surface area (Å²) < 4.78 is 15.6. The molecule has 0 saturated heterocycles. The summed E-state index contributed by atoms with van der Waals surface area (Å²) in [4.78, 5) is 22.0. The highest BCUT2D eigenvalue weighted by Gasteiger charge is 2.20. The maximum absolute atomic E-state index is 14.0. The molecule has 0 spiro atoms. The van der Waals surface area contributed by atoms with Crippen molar-refractivity contribution in [1.29, 1.82) is 0 Å². The van der Waals surface area contributed by atoms with Crippen LogP contribution in [0.5, 0.6) is 5.75 Å². The number of pyridine rings is 1. The van der Waals surface area contributed by atoms with E-state index in [0.29, 0.717) is 44.1 Å². The standard InChI is InChI=1S/C27H21ClFN5O2/c1-15(32-25-21(14-31-27(30)33-25)17-10-18(29)13-20(35)11-17)23-12-16-6-5-9-22(28)24(16)26(36)34(23)19-7-3-2-4-8-19/h2-15,35H,1H3,(H3,30,31,32,33)/t15-/m0/s1. The Labute approximate surface area is 210 Å². The molecule has 0 fully saturated rings. The first-order chi connectivity index (χ1) is 17.3. The van der Waals surface area contributed by atoms with Gasteiger partial charge in [0.25, 0.3) is 5.56 Å². The van der Waals surface area contributed by atoms with Crippen LogP contribution in [0.25, 0.3) is 27.6 Å². The Morgan fingerprint density at radius 1 is 1.08 bits per heavy atom. The third-order valence-electron chi connectivity index (χ3n) is 5.84. The summed E-state index contributed by atoms with van der Waals surface area (Å²) >= 11 is 6.40. The maximum atomic E-state index is 14.0. The van der Waals surface area contributed by atoms with E-state index in [0.717, 1.165) is 6.07 Å². The minimum absolute atomic E-state index is 0.0137. The molecule has 5 aromatic rings. The molecule has 7 nitrogen and oxygen atoms in total. The second-order valence-corrected chi connectivity index (χ2v) is 8.71. The molecule has 0 aliphatic rings. The predicted molar refractivity (Wildman–Crippen MR) is 140 cm³/mol. The Hall–Kier alpha value is -4.43. The van der Waals surface area contributed by atoms with Crippen LogP contribution in [0.1, 0.15) is 18.7 Å². The van der Waals surface area contributed by atoms with Crippen LogP contribution in [0.15, 0.2) is 83.8 Å². The van der Waals surface area contributed by atoms with Gasteiger partial charge in [0.2, 0.25) is 5.95 Å². The van der Waals surface area contributed by atoms with E-state index in [9.17, 15) is 14.3 Å². The summed E-state index contributed by atoms with van der Waals surface area (Å²) in [6.45, 7) is 1.87. The average Bonchev–Trinajstić information content (AvgIpc) is 2.84. The molecule has 0 amide bonds. The summed E-state index contributed by atoms with van der Waals surface area (Å²) in [6.07, 6.45) is 1.45. The molecule has 0 unspecified atom stereocenters. The topological polar surface area (TPSA) is 106 Å². The summed E-state index contributed by atoms with van der Waals surface area (Å²) in [6, 6.07) is 19.7. The third kappa shape index (κ3) is 4.34. The number of para-hydroxylation sites is 1. The van der Waals surface area contributed by atoms with E-state index in [4.69, 9.17) is 17.3 Å². The Balaban J connectivity index is 1.67. The fourth-order valence-corrected chi connectivity index (χ4v) is 4.49. The molecule has 0 saturated carbocycles. The van der Waals surface area contributed by atoms with Crippen LogP contribution < -0.4 is 16.6 Å². The van der Waals surface area contributed by atoms with Crippen LogP contribution in [0.3, 0.4) is 0 Å². The van der Waals surface area contributed by atoms with E-state index in [1.165, 1.54) is 18.3 Å². The van der Waals surface area contributed by atoms with E-state index in [1.807, 2.05) is 49.4 Å². The number of nitrogens with two attached hydrogens (primary N) is 1. The van der Waals surface area contributed by atoms with Crippen molar-refractivity contribution >= 4 is 34.1 Å². The SMILES string of the molecule is C[C@H](Nc1nc(N)ncc1-c1cc(O)cc(F)c1)c1cc2cccc(Cl)c2c(=O)n1-c1ccccc1. The highest BCUT2D eigenvalue weighted by atomic mass is 35.5. The summed E-state index contributed by atoms with van der Waals surface area (Å²) in [5.74, 6) is -0.506. The molecule has 1 atom stereocenters. The molecule has 2 heterocycles. The largest absolute Gasteiger partial charge is 0.508 e. The number of rotatable bonds is 5. The molecule has 9 heteroatoms. The fraction of sp³-hybridized carbons (Fsp3) is 0.0741. The Kier molecular flexibility index (Phi) is 6.03. The number of phenols is 1. The number of anilines is 2.